The molecule has 0 saturated heterocycles. The molecule has 1 N–H and O–H groups in total. The molecule has 0 saturated carbocycles. The van der Waals surface area contributed by atoms with Crippen molar-refractivity contribution >= 4 is 5.82 Å². The number of nitrogens with zero attached hydrogens (tertiary/aromatic N) is 3. The summed E-state index contributed by atoms with van der Waals surface area (Å²) in [4.78, 5) is 2.10. The fraction of sp³-hybridized carbons (Fsp3) is 0.471. The standard InChI is InChI=1S/C17H26N4O/c1-13-15(17(20(2)3)21(4)19-13)11-18-12-16(22-5)14-9-7-6-8-10-14/h6-10,16,18H,11-12H2,1-5H3. The second-order valence-corrected chi connectivity index (χ2v) is 5.67. The maximum Gasteiger partial charge on any atom is 0.130 e. The number of nitrogens with one attached hydrogen (secondary N) is 1. The van der Waals surface area contributed by atoms with Crippen LogP contribution in [0.2, 0.25) is 0 Å². The van der Waals surface area contributed by atoms with Gasteiger partial charge in [-0.25, -0.2) is 0 Å². The average Bonchev–Trinajstić information content (AvgIpc) is 2.78. The SMILES string of the molecule is COC(CNCc1c(C)nn(C)c1N(C)C)c1ccccc1. The van der Waals surface area contributed by atoms with Crippen molar-refractivity contribution in [3.63, 3.8) is 0 Å². The van der Waals surface area contributed by atoms with E-state index in [0.29, 0.717) is 0 Å². The molecule has 0 aliphatic rings. The molecule has 5 heteroatoms. The molecule has 0 spiro atoms. The molecule has 0 radical (unpaired) electrons. The summed E-state index contributed by atoms with van der Waals surface area (Å²) in [5.74, 6) is 1.14. The van der Waals surface area contributed by atoms with Crippen LogP contribution in [0.25, 0.3) is 0 Å². The highest BCUT2D eigenvalue weighted by Gasteiger charge is 2.15. The molecule has 22 heavy (non-hydrogen) atoms. The third kappa shape index (κ3) is 3.67. The number of ether oxygens (including phenoxy) is 1. The number of hydrogen-bond acceptors (Lipinski definition) is 4. The van der Waals surface area contributed by atoms with Crippen LogP contribution in [0.15, 0.2) is 30.3 Å². The Hall–Kier alpha value is -1.85. The summed E-state index contributed by atoms with van der Waals surface area (Å²) in [6.45, 7) is 3.59. The number of benzene rings is 1. The second-order valence-electron chi connectivity index (χ2n) is 5.67. The maximum absolute atomic E-state index is 5.59. The quantitative estimate of drug-likeness (QED) is 0.852. The Labute approximate surface area is 132 Å². The molecular formula is C17H26N4O. The van der Waals surface area contributed by atoms with Crippen LogP contribution in [-0.4, -0.2) is 37.5 Å². The van der Waals surface area contributed by atoms with E-state index in [1.165, 1.54) is 11.1 Å². The van der Waals surface area contributed by atoms with Gasteiger partial charge in [-0.05, 0) is 12.5 Å². The minimum atomic E-state index is 0.0565. The molecule has 5 nitrogen and oxygen atoms in total. The van der Waals surface area contributed by atoms with Crippen molar-refractivity contribution in [2.75, 3.05) is 32.6 Å². The first kappa shape index (κ1) is 16.5. The third-order valence-corrected chi connectivity index (χ3v) is 3.82. The Balaban J connectivity index is 2.02. The molecule has 2 aromatic rings. The van der Waals surface area contributed by atoms with Gasteiger partial charge in [-0.2, -0.15) is 5.10 Å². The van der Waals surface area contributed by atoms with Gasteiger partial charge in [0.05, 0.1) is 11.8 Å². The molecule has 1 heterocycles. The van der Waals surface area contributed by atoms with E-state index in [1.54, 1.807) is 7.11 Å². The lowest BCUT2D eigenvalue weighted by Crippen LogP contribution is -2.24. The summed E-state index contributed by atoms with van der Waals surface area (Å²) in [7, 11) is 7.82. The smallest absolute Gasteiger partial charge is 0.130 e. The summed E-state index contributed by atoms with van der Waals surface area (Å²) in [5, 5.41) is 8.01. The van der Waals surface area contributed by atoms with Crippen LogP contribution in [0.3, 0.4) is 0 Å². The van der Waals surface area contributed by atoms with Gasteiger partial charge in [-0.3, -0.25) is 4.68 Å². The molecule has 0 amide bonds. The summed E-state index contributed by atoms with van der Waals surface area (Å²) < 4.78 is 7.52. The van der Waals surface area contributed by atoms with Gasteiger partial charge in [0.2, 0.25) is 0 Å². The van der Waals surface area contributed by atoms with Crippen LogP contribution < -0.4 is 10.2 Å². The largest absolute Gasteiger partial charge is 0.375 e. The Bertz CT molecular complexity index is 592. The Morgan fingerprint density at radius 3 is 2.55 bits per heavy atom. The third-order valence-electron chi connectivity index (χ3n) is 3.82. The molecule has 0 fully saturated rings. The molecule has 2 rings (SSSR count). The van der Waals surface area contributed by atoms with Crippen LogP contribution in [0.5, 0.6) is 0 Å². The van der Waals surface area contributed by atoms with Crippen molar-refractivity contribution < 1.29 is 4.74 Å². The molecule has 1 atom stereocenters. The van der Waals surface area contributed by atoms with Gasteiger partial charge in [0.1, 0.15) is 5.82 Å². The van der Waals surface area contributed by atoms with E-state index in [4.69, 9.17) is 4.74 Å². The van der Waals surface area contributed by atoms with Gasteiger partial charge in [-0.15, -0.1) is 0 Å². The van der Waals surface area contributed by atoms with Crippen molar-refractivity contribution in [1.82, 2.24) is 15.1 Å². The summed E-state index contributed by atoms with van der Waals surface area (Å²) in [6.07, 6.45) is 0.0565. The summed E-state index contributed by atoms with van der Waals surface area (Å²) >= 11 is 0. The molecule has 0 bridgehead atoms. The van der Waals surface area contributed by atoms with E-state index in [9.17, 15) is 0 Å². The molecule has 1 unspecified atom stereocenters. The second kappa shape index (κ2) is 7.42. The molecule has 0 aliphatic carbocycles. The van der Waals surface area contributed by atoms with Crippen LogP contribution in [-0.2, 0) is 18.3 Å². The van der Waals surface area contributed by atoms with Crippen molar-refractivity contribution in [3.05, 3.63) is 47.2 Å². The van der Waals surface area contributed by atoms with Crippen LogP contribution in [0.1, 0.15) is 22.9 Å². The molecule has 120 valence electrons. The number of aromatic nitrogens is 2. The number of anilines is 1. The average molecular weight is 302 g/mol. The predicted octanol–water partition coefficient (Wildman–Crippen LogP) is 2.27. The van der Waals surface area contributed by atoms with Crippen molar-refractivity contribution in [2.45, 2.75) is 19.6 Å². The van der Waals surface area contributed by atoms with Crippen molar-refractivity contribution in [2.24, 2.45) is 7.05 Å². The van der Waals surface area contributed by atoms with E-state index in [2.05, 4.69) is 34.4 Å². The molecule has 0 aliphatic heterocycles. The number of rotatable bonds is 7. The zero-order valence-corrected chi connectivity index (χ0v) is 14.1. The number of aryl methyl sites for hydroxylation is 2. The van der Waals surface area contributed by atoms with Crippen LogP contribution in [0.4, 0.5) is 5.82 Å². The molecule has 1 aromatic heterocycles. The first-order chi connectivity index (χ1) is 10.5. The zero-order valence-electron chi connectivity index (χ0n) is 14.1. The summed E-state index contributed by atoms with van der Waals surface area (Å²) in [6, 6.07) is 10.3. The van der Waals surface area contributed by atoms with Crippen LogP contribution in [0, 0.1) is 6.92 Å². The van der Waals surface area contributed by atoms with E-state index in [0.717, 1.165) is 24.6 Å². The predicted molar refractivity (Wildman–Crippen MR) is 90.2 cm³/mol. The van der Waals surface area contributed by atoms with E-state index >= 15 is 0 Å². The minimum absolute atomic E-state index is 0.0565. The van der Waals surface area contributed by atoms with Gasteiger partial charge in [0.15, 0.2) is 0 Å². The van der Waals surface area contributed by atoms with Crippen LogP contribution >= 0.6 is 0 Å². The highest BCUT2D eigenvalue weighted by Crippen LogP contribution is 2.21. The maximum atomic E-state index is 5.59. The van der Waals surface area contributed by atoms with Crippen molar-refractivity contribution in [1.29, 1.82) is 0 Å². The zero-order chi connectivity index (χ0) is 16.1. The lowest BCUT2D eigenvalue weighted by Gasteiger charge is -2.18. The lowest BCUT2D eigenvalue weighted by molar-refractivity contribution is 0.102. The fourth-order valence-electron chi connectivity index (χ4n) is 2.79. The lowest BCUT2D eigenvalue weighted by atomic mass is 10.1. The fourth-order valence-corrected chi connectivity index (χ4v) is 2.79. The van der Waals surface area contributed by atoms with Gasteiger partial charge in [0, 0.05) is 46.9 Å². The highest BCUT2D eigenvalue weighted by molar-refractivity contribution is 5.48. The topological polar surface area (TPSA) is 42.3 Å². The van der Waals surface area contributed by atoms with Gasteiger partial charge in [-0.1, -0.05) is 30.3 Å². The normalized spacial score (nSPS) is 12.4. The molecular weight excluding hydrogens is 276 g/mol. The van der Waals surface area contributed by atoms with Crippen molar-refractivity contribution in [3.8, 4) is 0 Å². The Morgan fingerprint density at radius 1 is 1.27 bits per heavy atom. The summed E-state index contributed by atoms with van der Waals surface area (Å²) in [5.41, 5.74) is 3.48. The Morgan fingerprint density at radius 2 is 1.95 bits per heavy atom. The monoisotopic (exact) mass is 302 g/mol. The van der Waals surface area contributed by atoms with Gasteiger partial charge < -0.3 is 15.0 Å². The Kier molecular flexibility index (Phi) is 5.57. The van der Waals surface area contributed by atoms with E-state index in [1.807, 2.05) is 44.0 Å². The highest BCUT2D eigenvalue weighted by atomic mass is 16.5. The molecule has 1 aromatic carbocycles. The first-order valence-electron chi connectivity index (χ1n) is 7.52. The van der Waals surface area contributed by atoms with Gasteiger partial charge in [0.25, 0.3) is 0 Å². The first-order valence-corrected chi connectivity index (χ1v) is 7.52. The van der Waals surface area contributed by atoms with E-state index in [-0.39, 0.29) is 6.10 Å². The minimum Gasteiger partial charge on any atom is -0.375 e. The number of methoxy groups -OCH3 is 1. The van der Waals surface area contributed by atoms with E-state index < -0.39 is 0 Å². The van der Waals surface area contributed by atoms with Gasteiger partial charge >= 0.3 is 0 Å². The number of hydrogen-bond donors (Lipinski definition) is 1.